The van der Waals surface area contributed by atoms with Crippen LogP contribution in [0.3, 0.4) is 0 Å². The summed E-state index contributed by atoms with van der Waals surface area (Å²) in [5, 5.41) is 2.60. The normalized spacial score (nSPS) is 20.6. The van der Waals surface area contributed by atoms with Gasteiger partial charge in [0.1, 0.15) is 0 Å². The van der Waals surface area contributed by atoms with Crippen LogP contribution in [0.2, 0.25) is 0 Å². The first-order valence-electron chi connectivity index (χ1n) is 6.53. The van der Waals surface area contributed by atoms with Gasteiger partial charge in [0.2, 0.25) is 15.9 Å². The number of nitrogens with zero attached hydrogens (tertiary/aromatic N) is 1. The molecule has 0 radical (unpaired) electrons. The predicted molar refractivity (Wildman–Crippen MR) is 76.7 cm³/mol. The fourth-order valence-corrected chi connectivity index (χ4v) is 3.79. The number of anilines is 1. The third-order valence-electron chi connectivity index (χ3n) is 3.23. The van der Waals surface area contributed by atoms with E-state index in [9.17, 15) is 13.2 Å². The lowest BCUT2D eigenvalue weighted by atomic mass is 10.1. The molecule has 1 saturated heterocycles. The van der Waals surface area contributed by atoms with Crippen molar-refractivity contribution in [3.05, 3.63) is 24.3 Å². The molecule has 0 aromatic heterocycles. The lowest BCUT2D eigenvalue weighted by Gasteiger charge is -2.29. The molecule has 1 amide bonds. The number of carbonyl (C=O) groups is 1. The molecule has 110 valence electrons. The zero-order valence-electron chi connectivity index (χ0n) is 11.4. The Bertz CT molecular complexity index is 583. The number of sulfonamides is 1. The van der Waals surface area contributed by atoms with E-state index in [4.69, 9.17) is 5.73 Å². The van der Waals surface area contributed by atoms with E-state index < -0.39 is 10.0 Å². The molecule has 1 unspecified atom stereocenters. The van der Waals surface area contributed by atoms with Crippen molar-refractivity contribution in [1.82, 2.24) is 4.31 Å². The highest BCUT2D eigenvalue weighted by Crippen LogP contribution is 2.21. The van der Waals surface area contributed by atoms with E-state index in [1.54, 1.807) is 12.1 Å². The van der Waals surface area contributed by atoms with Crippen molar-refractivity contribution in [3.63, 3.8) is 0 Å². The van der Waals surface area contributed by atoms with Crippen LogP contribution < -0.4 is 11.1 Å². The highest BCUT2D eigenvalue weighted by atomic mass is 32.2. The largest absolute Gasteiger partial charge is 0.327 e. The Balaban J connectivity index is 2.19. The maximum Gasteiger partial charge on any atom is 0.243 e. The van der Waals surface area contributed by atoms with Crippen molar-refractivity contribution in [3.8, 4) is 0 Å². The third-order valence-corrected chi connectivity index (χ3v) is 5.11. The van der Waals surface area contributed by atoms with Crippen molar-refractivity contribution < 1.29 is 13.2 Å². The Morgan fingerprint density at radius 1 is 1.35 bits per heavy atom. The Morgan fingerprint density at radius 3 is 2.55 bits per heavy atom. The monoisotopic (exact) mass is 297 g/mol. The van der Waals surface area contributed by atoms with E-state index in [0.717, 1.165) is 12.8 Å². The van der Waals surface area contributed by atoms with Gasteiger partial charge < -0.3 is 11.1 Å². The van der Waals surface area contributed by atoms with Crippen molar-refractivity contribution in [2.75, 3.05) is 18.4 Å². The molecule has 1 aromatic carbocycles. The molecule has 0 saturated carbocycles. The molecule has 6 nitrogen and oxygen atoms in total. The quantitative estimate of drug-likeness (QED) is 0.861. The van der Waals surface area contributed by atoms with E-state index in [1.807, 2.05) is 0 Å². The summed E-state index contributed by atoms with van der Waals surface area (Å²) in [4.78, 5) is 11.1. The molecular weight excluding hydrogens is 278 g/mol. The van der Waals surface area contributed by atoms with E-state index in [2.05, 4.69) is 5.32 Å². The van der Waals surface area contributed by atoms with Gasteiger partial charge >= 0.3 is 0 Å². The van der Waals surface area contributed by atoms with Gasteiger partial charge in [-0.15, -0.1) is 0 Å². The van der Waals surface area contributed by atoms with Crippen LogP contribution in [0.25, 0.3) is 0 Å². The molecule has 1 aliphatic heterocycles. The number of nitrogens with one attached hydrogen (secondary N) is 1. The zero-order valence-corrected chi connectivity index (χ0v) is 12.2. The number of nitrogens with two attached hydrogens (primary N) is 1. The van der Waals surface area contributed by atoms with Gasteiger partial charge in [0.25, 0.3) is 0 Å². The standard InChI is InChI=1S/C13H19N3O3S/c1-10(17)15-12-4-6-13(7-5-12)20(18,19)16-8-2-3-11(14)9-16/h4-7,11H,2-3,8-9,14H2,1H3,(H,15,17). The van der Waals surface area contributed by atoms with Gasteiger partial charge in [-0.2, -0.15) is 4.31 Å². The Morgan fingerprint density at radius 2 is 2.00 bits per heavy atom. The summed E-state index contributed by atoms with van der Waals surface area (Å²) < 4.78 is 26.3. The van der Waals surface area contributed by atoms with E-state index in [0.29, 0.717) is 18.8 Å². The highest BCUT2D eigenvalue weighted by Gasteiger charge is 2.28. The molecule has 7 heteroatoms. The molecule has 1 aromatic rings. The fourth-order valence-electron chi connectivity index (χ4n) is 2.25. The number of amides is 1. The van der Waals surface area contributed by atoms with Crippen LogP contribution in [0, 0.1) is 0 Å². The van der Waals surface area contributed by atoms with Crippen LogP contribution in [-0.4, -0.2) is 37.8 Å². The van der Waals surface area contributed by atoms with Crippen LogP contribution >= 0.6 is 0 Å². The van der Waals surface area contributed by atoms with Crippen LogP contribution in [0.15, 0.2) is 29.2 Å². The Kier molecular flexibility index (Phi) is 4.42. The number of piperidine rings is 1. The second-order valence-corrected chi connectivity index (χ2v) is 6.91. The van der Waals surface area contributed by atoms with E-state index >= 15 is 0 Å². The number of benzene rings is 1. The molecule has 1 fully saturated rings. The fraction of sp³-hybridized carbons (Fsp3) is 0.462. The minimum atomic E-state index is -3.50. The van der Waals surface area contributed by atoms with Gasteiger partial charge in [-0.25, -0.2) is 8.42 Å². The lowest BCUT2D eigenvalue weighted by molar-refractivity contribution is -0.114. The summed E-state index contributed by atoms with van der Waals surface area (Å²) in [6, 6.07) is 6.06. The first-order valence-corrected chi connectivity index (χ1v) is 7.97. The second-order valence-electron chi connectivity index (χ2n) is 4.97. The molecule has 0 spiro atoms. The summed E-state index contributed by atoms with van der Waals surface area (Å²) in [6.45, 7) is 2.26. The lowest BCUT2D eigenvalue weighted by Crippen LogP contribution is -2.45. The van der Waals surface area contributed by atoms with Gasteiger partial charge in [0.15, 0.2) is 0 Å². The topological polar surface area (TPSA) is 92.5 Å². The minimum absolute atomic E-state index is 0.0998. The number of hydrogen-bond acceptors (Lipinski definition) is 4. The third kappa shape index (κ3) is 3.36. The summed E-state index contributed by atoms with van der Waals surface area (Å²) in [6.07, 6.45) is 1.64. The highest BCUT2D eigenvalue weighted by molar-refractivity contribution is 7.89. The molecule has 2 rings (SSSR count). The van der Waals surface area contributed by atoms with Crippen LogP contribution in [0.5, 0.6) is 0 Å². The van der Waals surface area contributed by atoms with Crippen molar-refractivity contribution in [2.24, 2.45) is 5.73 Å². The van der Waals surface area contributed by atoms with E-state index in [-0.39, 0.29) is 16.8 Å². The number of carbonyl (C=O) groups excluding carboxylic acids is 1. The smallest absolute Gasteiger partial charge is 0.243 e. The van der Waals surface area contributed by atoms with Crippen molar-refractivity contribution in [2.45, 2.75) is 30.7 Å². The van der Waals surface area contributed by atoms with Gasteiger partial charge in [-0.3, -0.25) is 4.79 Å². The van der Waals surface area contributed by atoms with Crippen LogP contribution in [0.1, 0.15) is 19.8 Å². The van der Waals surface area contributed by atoms with Crippen molar-refractivity contribution >= 4 is 21.6 Å². The SMILES string of the molecule is CC(=O)Nc1ccc(S(=O)(=O)N2CCCC(N)C2)cc1. The average molecular weight is 297 g/mol. The van der Waals surface area contributed by atoms with E-state index in [1.165, 1.54) is 23.4 Å². The first kappa shape index (κ1) is 15.0. The maximum absolute atomic E-state index is 12.4. The predicted octanol–water partition coefficient (Wildman–Crippen LogP) is 0.757. The number of hydrogen-bond donors (Lipinski definition) is 2. The Labute approximate surface area is 119 Å². The molecule has 20 heavy (non-hydrogen) atoms. The summed E-state index contributed by atoms with van der Waals surface area (Å²) in [5.74, 6) is -0.192. The van der Waals surface area contributed by atoms with Gasteiger partial charge in [-0.1, -0.05) is 0 Å². The maximum atomic E-state index is 12.4. The summed E-state index contributed by atoms with van der Waals surface area (Å²) >= 11 is 0. The molecule has 1 atom stereocenters. The summed E-state index contributed by atoms with van der Waals surface area (Å²) in [7, 11) is -3.50. The van der Waals surface area contributed by atoms with Gasteiger partial charge in [0, 0.05) is 31.7 Å². The molecular formula is C13H19N3O3S. The number of rotatable bonds is 3. The van der Waals surface area contributed by atoms with Crippen LogP contribution in [0.4, 0.5) is 5.69 Å². The molecule has 0 aliphatic carbocycles. The van der Waals surface area contributed by atoms with Gasteiger partial charge in [-0.05, 0) is 37.1 Å². The molecule has 1 heterocycles. The molecule has 1 aliphatic rings. The minimum Gasteiger partial charge on any atom is -0.327 e. The summed E-state index contributed by atoms with van der Waals surface area (Å²) in [5.41, 5.74) is 6.40. The Hall–Kier alpha value is -1.44. The zero-order chi connectivity index (χ0) is 14.8. The molecule has 3 N–H and O–H groups in total. The molecule has 0 bridgehead atoms. The van der Waals surface area contributed by atoms with Crippen molar-refractivity contribution in [1.29, 1.82) is 0 Å². The van der Waals surface area contributed by atoms with Crippen LogP contribution in [-0.2, 0) is 14.8 Å². The second kappa shape index (κ2) is 5.90. The van der Waals surface area contributed by atoms with Gasteiger partial charge in [0.05, 0.1) is 4.90 Å². The average Bonchev–Trinajstić information content (AvgIpc) is 2.38. The first-order chi connectivity index (χ1) is 9.39.